The van der Waals surface area contributed by atoms with Crippen LogP contribution in [0.3, 0.4) is 0 Å². The van der Waals surface area contributed by atoms with E-state index in [0.717, 1.165) is 54.3 Å². The topological polar surface area (TPSA) is 51.0 Å². The Bertz CT molecular complexity index is 1650. The minimum Gasteiger partial charge on any atom is -0.495 e. The number of allylic oxidation sites excluding steroid dienone is 5. The predicted octanol–water partition coefficient (Wildman–Crippen LogP) is 8.40. The fourth-order valence-corrected chi connectivity index (χ4v) is 7.29. The fraction of sp³-hybridized carbons (Fsp3) is 0.500. The van der Waals surface area contributed by atoms with E-state index < -0.39 is 0 Å². The molecule has 2 aromatic rings. The van der Waals surface area contributed by atoms with Crippen molar-refractivity contribution >= 4 is 22.9 Å². The molecule has 246 valence electrons. The molecule has 0 unspecified atom stereocenters. The maximum atomic E-state index is 14.2. The van der Waals surface area contributed by atoms with Crippen LogP contribution in [-0.2, 0) is 31.7 Å². The minimum atomic E-state index is -0.318. The average molecular weight is 626 g/mol. The molecule has 6 nitrogen and oxygen atoms in total. The van der Waals surface area contributed by atoms with Crippen LogP contribution in [0.25, 0.3) is 0 Å². The Morgan fingerprint density at radius 1 is 0.848 bits per heavy atom. The SMILES string of the molecule is COCc1cccc2c1[N+](CCC(C)C)=C(/C=C1\C(=O)C(/C=C3/N(CCC(C)C)c4c(OC)cccc4C3(C)C)=C1OC)C2(C)C. The van der Waals surface area contributed by atoms with E-state index in [4.69, 9.17) is 14.2 Å². The van der Waals surface area contributed by atoms with Crippen molar-refractivity contribution in [3.05, 3.63) is 87.8 Å². The number of anilines is 1. The zero-order valence-electron chi connectivity index (χ0n) is 29.8. The number of fused-ring (bicyclic) bond motifs is 2. The first-order valence-electron chi connectivity index (χ1n) is 16.8. The number of carbonyl (C=O) groups excluding carboxylic acids is 1. The number of methoxy groups -OCH3 is 3. The first kappa shape index (κ1) is 33.7. The maximum absolute atomic E-state index is 14.2. The van der Waals surface area contributed by atoms with Gasteiger partial charge >= 0.3 is 0 Å². The van der Waals surface area contributed by atoms with Gasteiger partial charge in [-0.05, 0) is 49.8 Å². The molecule has 0 spiro atoms. The molecular weight excluding hydrogens is 572 g/mol. The van der Waals surface area contributed by atoms with Crippen molar-refractivity contribution in [2.45, 2.75) is 85.7 Å². The van der Waals surface area contributed by atoms with Crippen LogP contribution < -0.4 is 9.64 Å². The molecule has 2 aromatic carbocycles. The third kappa shape index (κ3) is 5.63. The quantitative estimate of drug-likeness (QED) is 0.175. The number of hydrogen-bond donors (Lipinski definition) is 0. The summed E-state index contributed by atoms with van der Waals surface area (Å²) in [5.41, 5.74) is 8.79. The van der Waals surface area contributed by atoms with Crippen molar-refractivity contribution in [1.82, 2.24) is 0 Å². The van der Waals surface area contributed by atoms with E-state index >= 15 is 0 Å². The number of para-hydroxylation sites is 2. The van der Waals surface area contributed by atoms with Gasteiger partial charge in [0.2, 0.25) is 11.5 Å². The van der Waals surface area contributed by atoms with Crippen LogP contribution >= 0.6 is 0 Å². The first-order chi connectivity index (χ1) is 21.8. The van der Waals surface area contributed by atoms with Gasteiger partial charge < -0.3 is 19.1 Å². The largest absolute Gasteiger partial charge is 0.495 e. The van der Waals surface area contributed by atoms with Crippen molar-refractivity contribution in [3.8, 4) is 5.75 Å². The van der Waals surface area contributed by atoms with Gasteiger partial charge in [-0.1, -0.05) is 71.9 Å². The second kappa shape index (κ2) is 12.9. The summed E-state index contributed by atoms with van der Waals surface area (Å²) < 4.78 is 19.9. The number of rotatable bonds is 12. The normalized spacial score (nSPS) is 19.9. The fourth-order valence-electron chi connectivity index (χ4n) is 7.29. The van der Waals surface area contributed by atoms with Crippen LogP contribution in [0.15, 0.2) is 71.2 Å². The molecule has 0 saturated heterocycles. The summed E-state index contributed by atoms with van der Waals surface area (Å²) in [6.45, 7) is 20.2. The highest BCUT2D eigenvalue weighted by molar-refractivity contribution is 6.24. The second-order valence-corrected chi connectivity index (χ2v) is 14.8. The number of Topliss-reactive ketones (excluding diaryl/α,β-unsaturated/α-hetero) is 1. The van der Waals surface area contributed by atoms with E-state index in [0.29, 0.717) is 35.3 Å². The predicted molar refractivity (Wildman–Crippen MR) is 187 cm³/mol. The number of ketones is 1. The molecule has 1 aliphatic carbocycles. The van der Waals surface area contributed by atoms with Gasteiger partial charge in [0, 0.05) is 48.4 Å². The Labute approximate surface area is 276 Å². The maximum Gasteiger partial charge on any atom is 0.215 e. The molecular formula is C40H53N2O4+. The summed E-state index contributed by atoms with van der Waals surface area (Å²) in [5, 5.41) is 0. The Morgan fingerprint density at radius 2 is 1.52 bits per heavy atom. The molecule has 3 aliphatic rings. The summed E-state index contributed by atoms with van der Waals surface area (Å²) in [7, 11) is 5.15. The van der Waals surface area contributed by atoms with Gasteiger partial charge in [-0.25, -0.2) is 0 Å². The third-order valence-electron chi connectivity index (χ3n) is 9.99. The van der Waals surface area contributed by atoms with Gasteiger partial charge in [-0.2, -0.15) is 4.58 Å². The molecule has 5 rings (SSSR count). The lowest BCUT2D eigenvalue weighted by atomic mass is 9.77. The van der Waals surface area contributed by atoms with Crippen LogP contribution in [-0.4, -0.2) is 50.5 Å². The zero-order valence-corrected chi connectivity index (χ0v) is 29.8. The smallest absolute Gasteiger partial charge is 0.215 e. The molecule has 0 N–H and O–H groups in total. The number of nitrogens with zero attached hydrogens (tertiary/aromatic N) is 2. The van der Waals surface area contributed by atoms with Crippen molar-refractivity contribution in [2.24, 2.45) is 11.8 Å². The Morgan fingerprint density at radius 3 is 2.15 bits per heavy atom. The van der Waals surface area contributed by atoms with E-state index in [2.05, 4.69) is 107 Å². The second-order valence-electron chi connectivity index (χ2n) is 14.8. The number of ether oxygens (including phenoxy) is 3. The van der Waals surface area contributed by atoms with Gasteiger partial charge in [0.15, 0.2) is 5.71 Å². The molecule has 2 aliphatic heterocycles. The Balaban J connectivity index is 1.65. The molecule has 0 fully saturated rings. The van der Waals surface area contributed by atoms with Gasteiger partial charge in [0.1, 0.15) is 18.1 Å². The highest BCUT2D eigenvalue weighted by Crippen LogP contribution is 2.53. The Kier molecular flexibility index (Phi) is 9.43. The standard InChI is InChI=1S/C40H53N2O4/c1-25(2)18-20-41-33(39(5,6)30-15-12-14-27(24-44-9)35(30)41)22-28-37(43)29(38(28)46-11)23-34-40(7,8)31-16-13-17-32(45-10)36(31)42(34)21-19-26(3)4/h12-17,22-23,25-26H,18-21,24H2,1-11H3/q+1. The monoisotopic (exact) mass is 625 g/mol. The van der Waals surface area contributed by atoms with E-state index in [9.17, 15) is 4.79 Å². The van der Waals surface area contributed by atoms with E-state index in [1.807, 2.05) is 6.07 Å². The Hall–Kier alpha value is -3.64. The van der Waals surface area contributed by atoms with Crippen LogP contribution in [0, 0.1) is 11.8 Å². The minimum absolute atomic E-state index is 0.0204. The van der Waals surface area contributed by atoms with Gasteiger partial charge in [0.05, 0.1) is 43.1 Å². The van der Waals surface area contributed by atoms with Crippen LogP contribution in [0.1, 0.15) is 84.9 Å². The number of carbonyl (C=O) groups is 1. The lowest BCUT2D eigenvalue weighted by molar-refractivity contribution is -0.440. The zero-order chi connectivity index (χ0) is 33.6. The molecule has 0 atom stereocenters. The van der Waals surface area contributed by atoms with E-state index in [1.165, 1.54) is 16.8 Å². The number of benzene rings is 2. The summed E-state index contributed by atoms with van der Waals surface area (Å²) in [5.74, 6) is 2.61. The summed E-state index contributed by atoms with van der Waals surface area (Å²) in [6, 6.07) is 12.7. The summed E-state index contributed by atoms with van der Waals surface area (Å²) in [4.78, 5) is 16.5. The summed E-state index contributed by atoms with van der Waals surface area (Å²) >= 11 is 0. The van der Waals surface area contributed by atoms with Crippen molar-refractivity contribution in [2.75, 3.05) is 39.3 Å². The van der Waals surface area contributed by atoms with Crippen molar-refractivity contribution in [1.29, 1.82) is 0 Å². The van der Waals surface area contributed by atoms with Gasteiger partial charge in [-0.3, -0.25) is 4.79 Å². The van der Waals surface area contributed by atoms with Gasteiger partial charge in [0.25, 0.3) is 0 Å². The third-order valence-corrected chi connectivity index (χ3v) is 9.99. The molecule has 46 heavy (non-hydrogen) atoms. The van der Waals surface area contributed by atoms with E-state index in [1.54, 1.807) is 21.3 Å². The molecule has 0 amide bonds. The highest BCUT2D eigenvalue weighted by Gasteiger charge is 2.48. The van der Waals surface area contributed by atoms with E-state index in [-0.39, 0.29) is 16.6 Å². The van der Waals surface area contributed by atoms with Crippen LogP contribution in [0.2, 0.25) is 0 Å². The lowest BCUT2D eigenvalue weighted by Crippen LogP contribution is -2.33. The molecule has 0 saturated carbocycles. The number of hydrogen-bond acceptors (Lipinski definition) is 5. The highest BCUT2D eigenvalue weighted by atomic mass is 16.5. The molecule has 0 radical (unpaired) electrons. The molecule has 0 aromatic heterocycles. The van der Waals surface area contributed by atoms with Gasteiger partial charge in [-0.15, -0.1) is 0 Å². The molecule has 2 heterocycles. The summed E-state index contributed by atoms with van der Waals surface area (Å²) in [6.07, 6.45) is 6.22. The lowest BCUT2D eigenvalue weighted by Gasteiger charge is -2.30. The van der Waals surface area contributed by atoms with Crippen LogP contribution in [0.4, 0.5) is 11.4 Å². The van der Waals surface area contributed by atoms with Crippen molar-refractivity contribution in [3.63, 3.8) is 0 Å². The van der Waals surface area contributed by atoms with Crippen LogP contribution in [0.5, 0.6) is 5.75 Å². The average Bonchev–Trinajstić information content (AvgIpc) is 3.36. The molecule has 0 bridgehead atoms. The first-order valence-corrected chi connectivity index (χ1v) is 16.8. The molecule has 6 heteroatoms. The van der Waals surface area contributed by atoms with Crippen molar-refractivity contribution < 1.29 is 23.6 Å².